The van der Waals surface area contributed by atoms with Gasteiger partial charge in [-0.2, -0.15) is 0 Å². The zero-order chi connectivity index (χ0) is 42.6. The largest absolute Gasteiger partial charge is 0.454 e. The summed E-state index contributed by atoms with van der Waals surface area (Å²) in [5.41, 5.74) is 1.75. The van der Waals surface area contributed by atoms with Gasteiger partial charge in [0.2, 0.25) is 0 Å². The molecule has 0 fully saturated rings. The molecule has 0 heterocycles. The molecule has 0 aliphatic carbocycles. The van der Waals surface area contributed by atoms with Crippen LogP contribution in [-0.2, 0) is 28.4 Å². The summed E-state index contributed by atoms with van der Waals surface area (Å²) < 4.78 is 50.9. The second kappa shape index (κ2) is 17.9. The molecule has 59 heavy (non-hydrogen) atoms. The molecule has 0 saturated heterocycles. The van der Waals surface area contributed by atoms with Crippen molar-refractivity contribution in [1.29, 1.82) is 0 Å². The Labute approximate surface area is 359 Å². The third-order valence-corrected chi connectivity index (χ3v) is 12.9. The molecule has 308 valence electrons. The van der Waals surface area contributed by atoms with Crippen LogP contribution in [-0.4, -0.2) is 12.2 Å². The Morgan fingerprint density at radius 2 is 0.797 bits per heavy atom. The van der Waals surface area contributed by atoms with Crippen molar-refractivity contribution in [3.05, 3.63) is 190 Å². The number of hydrogen-bond donors (Lipinski definition) is 0. The van der Waals surface area contributed by atoms with Gasteiger partial charge in [0.15, 0.2) is 23.1 Å². The Hall–Kier alpha value is -4.68. The number of rotatable bonds is 14. The predicted molar refractivity (Wildman–Crippen MR) is 238 cm³/mol. The van der Waals surface area contributed by atoms with Crippen molar-refractivity contribution in [2.75, 3.05) is 0 Å². The van der Waals surface area contributed by atoms with Gasteiger partial charge in [0.05, 0.1) is 12.2 Å². The average Bonchev–Trinajstić information content (AvgIpc) is 3.19. The van der Waals surface area contributed by atoms with E-state index in [1.807, 2.05) is 60.7 Å². The van der Waals surface area contributed by atoms with Crippen molar-refractivity contribution in [2.45, 2.75) is 91.3 Å². The maximum Gasteiger partial charge on any atom is 0.165 e. The van der Waals surface area contributed by atoms with Gasteiger partial charge in [-0.15, -0.1) is 0 Å². The predicted octanol–water partition coefficient (Wildman–Crippen LogP) is 15.4. The maximum atomic E-state index is 15.5. The number of hydrogen-bond acceptors (Lipinski definition) is 3. The molecule has 0 aromatic heterocycles. The molecule has 0 bridgehead atoms. The fourth-order valence-corrected chi connectivity index (χ4v) is 8.19. The first-order valence-corrected chi connectivity index (χ1v) is 20.8. The molecule has 0 N–H and O–H groups in total. The number of ether oxygens (including phenoxy) is 3. The third-order valence-electron chi connectivity index (χ3n) is 12.4. The van der Waals surface area contributed by atoms with Crippen LogP contribution in [0.3, 0.4) is 0 Å². The fraction of sp³-hybridized carbons (Fsp3) is 0.308. The Balaban J connectivity index is 1.53. The lowest BCUT2D eigenvalue weighted by atomic mass is 9.58. The van der Waals surface area contributed by atoms with E-state index in [4.69, 9.17) is 37.4 Å². The van der Waals surface area contributed by atoms with E-state index in [2.05, 4.69) is 79.7 Å². The van der Waals surface area contributed by atoms with Crippen LogP contribution < -0.4 is 9.47 Å². The molecule has 0 saturated carbocycles. The van der Waals surface area contributed by atoms with E-state index in [9.17, 15) is 0 Å². The molecule has 0 amide bonds. The van der Waals surface area contributed by atoms with Crippen LogP contribution in [0.2, 0.25) is 10.0 Å². The fourth-order valence-electron chi connectivity index (χ4n) is 7.94. The molecule has 4 unspecified atom stereocenters. The van der Waals surface area contributed by atoms with E-state index in [1.54, 1.807) is 48.5 Å². The second-order valence-corrected chi connectivity index (χ2v) is 18.7. The SMILES string of the molecule is CC(C)(C)C(C)(c1ccc(Cl)cc1)C(Cc1ccc(F)c(Oc2ccccc2)c1)OC(Cc1ccc(F)c(Oc2ccccc2)c1)C(C)(c1ccc(Cl)cc1)C(C)(C)C. The van der Waals surface area contributed by atoms with E-state index in [0.717, 1.165) is 22.3 Å². The van der Waals surface area contributed by atoms with Crippen LogP contribution in [0.1, 0.15) is 77.6 Å². The quantitative estimate of drug-likeness (QED) is 0.109. The molecule has 0 aliphatic rings. The Morgan fingerprint density at radius 1 is 0.458 bits per heavy atom. The van der Waals surface area contributed by atoms with Gasteiger partial charge in [-0.25, -0.2) is 8.78 Å². The summed E-state index contributed by atoms with van der Waals surface area (Å²) in [6.07, 6.45) is -0.188. The summed E-state index contributed by atoms with van der Waals surface area (Å²) in [5.74, 6) is 0.415. The Morgan fingerprint density at radius 3 is 1.12 bits per heavy atom. The third kappa shape index (κ3) is 9.86. The van der Waals surface area contributed by atoms with E-state index in [-0.39, 0.29) is 22.3 Å². The molecule has 6 aromatic carbocycles. The highest BCUT2D eigenvalue weighted by Crippen LogP contribution is 2.51. The van der Waals surface area contributed by atoms with Gasteiger partial charge in [-0.1, -0.05) is 151 Å². The van der Waals surface area contributed by atoms with Gasteiger partial charge in [-0.3, -0.25) is 0 Å². The highest BCUT2D eigenvalue weighted by Gasteiger charge is 2.52. The van der Waals surface area contributed by atoms with Gasteiger partial charge in [0.1, 0.15) is 11.5 Å². The molecular formula is C52H54Cl2F2O3. The number of benzene rings is 6. The zero-order valence-electron chi connectivity index (χ0n) is 35.2. The van der Waals surface area contributed by atoms with Crippen molar-refractivity contribution in [3.8, 4) is 23.0 Å². The Bertz CT molecular complexity index is 2140. The summed E-state index contributed by atoms with van der Waals surface area (Å²) in [4.78, 5) is 0. The second-order valence-electron chi connectivity index (χ2n) is 17.8. The average molecular weight is 836 g/mol. The van der Waals surface area contributed by atoms with E-state index >= 15 is 8.78 Å². The van der Waals surface area contributed by atoms with Gasteiger partial charge in [0, 0.05) is 20.9 Å². The molecule has 0 spiro atoms. The number of para-hydroxylation sites is 2. The first-order chi connectivity index (χ1) is 27.9. The van der Waals surface area contributed by atoms with Crippen molar-refractivity contribution in [2.24, 2.45) is 10.8 Å². The van der Waals surface area contributed by atoms with Gasteiger partial charge in [0.25, 0.3) is 0 Å². The summed E-state index contributed by atoms with van der Waals surface area (Å²) in [7, 11) is 0. The van der Waals surface area contributed by atoms with E-state index in [1.165, 1.54) is 12.1 Å². The zero-order valence-corrected chi connectivity index (χ0v) is 36.7. The van der Waals surface area contributed by atoms with Gasteiger partial charge in [-0.05, 0) is 119 Å². The van der Waals surface area contributed by atoms with Crippen LogP contribution >= 0.6 is 23.2 Å². The molecule has 4 atom stereocenters. The minimum absolute atomic E-state index is 0.130. The van der Waals surface area contributed by atoms with Crippen molar-refractivity contribution in [1.82, 2.24) is 0 Å². The molecule has 0 aliphatic heterocycles. The lowest BCUT2D eigenvalue weighted by Gasteiger charge is -2.53. The Kier molecular flexibility index (Phi) is 13.3. The lowest BCUT2D eigenvalue weighted by Crippen LogP contribution is -2.56. The van der Waals surface area contributed by atoms with Crippen molar-refractivity contribution >= 4 is 23.2 Å². The maximum absolute atomic E-state index is 15.5. The molecular weight excluding hydrogens is 781 g/mol. The van der Waals surface area contributed by atoms with Crippen LogP contribution in [0.15, 0.2) is 146 Å². The minimum atomic E-state index is -0.645. The summed E-state index contributed by atoms with van der Waals surface area (Å²) in [6.45, 7) is 17.8. The highest BCUT2D eigenvalue weighted by atomic mass is 35.5. The van der Waals surface area contributed by atoms with Gasteiger partial charge < -0.3 is 14.2 Å². The van der Waals surface area contributed by atoms with Crippen molar-refractivity contribution in [3.63, 3.8) is 0 Å². The first-order valence-electron chi connectivity index (χ1n) is 20.1. The molecule has 0 radical (unpaired) electrons. The molecule has 3 nitrogen and oxygen atoms in total. The van der Waals surface area contributed by atoms with Gasteiger partial charge >= 0.3 is 0 Å². The highest BCUT2D eigenvalue weighted by molar-refractivity contribution is 6.30. The summed E-state index contributed by atoms with van der Waals surface area (Å²) >= 11 is 13.0. The lowest BCUT2D eigenvalue weighted by molar-refractivity contribution is -0.123. The normalized spacial score (nSPS) is 15.1. The first kappa shape index (κ1) is 43.9. The van der Waals surface area contributed by atoms with Crippen LogP contribution in [0.5, 0.6) is 23.0 Å². The van der Waals surface area contributed by atoms with Crippen LogP contribution in [0.4, 0.5) is 8.78 Å². The molecule has 6 rings (SSSR count). The standard InChI is InChI=1S/C52H54Cl2F2O3/c1-49(2,3)51(7,37-21-25-39(53)26-22-37)47(33-35-19-29-43(55)45(31-35)57-41-15-11-9-12-16-41)59-48(52(8,50(4,5)6)38-23-27-40(54)28-24-38)34-36-20-30-44(56)46(32-36)58-42-17-13-10-14-18-42/h9-32,47-48H,33-34H2,1-8H3. The van der Waals surface area contributed by atoms with E-state index < -0.39 is 34.7 Å². The van der Waals surface area contributed by atoms with Crippen LogP contribution in [0, 0.1) is 22.5 Å². The number of halogens is 4. The smallest absolute Gasteiger partial charge is 0.165 e. The van der Waals surface area contributed by atoms with Crippen LogP contribution in [0.25, 0.3) is 0 Å². The molecule has 7 heteroatoms. The van der Waals surface area contributed by atoms with E-state index in [0.29, 0.717) is 34.4 Å². The topological polar surface area (TPSA) is 27.7 Å². The molecule has 6 aromatic rings. The summed E-state index contributed by atoms with van der Waals surface area (Å²) in [6, 6.07) is 44.4. The minimum Gasteiger partial charge on any atom is -0.454 e. The monoisotopic (exact) mass is 834 g/mol. The van der Waals surface area contributed by atoms with Crippen molar-refractivity contribution < 1.29 is 23.0 Å². The summed E-state index contributed by atoms with van der Waals surface area (Å²) in [5, 5.41) is 1.27.